The molecule has 1 radical (unpaired) electrons. The van der Waals surface area contributed by atoms with E-state index in [9.17, 15) is 0 Å². The number of hydrogen-bond acceptors (Lipinski definition) is 0. The van der Waals surface area contributed by atoms with Gasteiger partial charge in [-0.15, -0.1) is 0 Å². The molecule has 15 heavy (non-hydrogen) atoms. The number of benzene rings is 1. The Kier molecular flexibility index (Phi) is 5.45. The van der Waals surface area contributed by atoms with Crippen molar-refractivity contribution in [1.29, 1.82) is 0 Å². The van der Waals surface area contributed by atoms with Crippen molar-refractivity contribution >= 4 is 0 Å². The second-order valence-corrected chi connectivity index (χ2v) is 4.36. The molecule has 0 atom stereocenters. The van der Waals surface area contributed by atoms with Crippen LogP contribution >= 0.6 is 0 Å². The molecule has 0 saturated carbocycles. The molecule has 0 heteroatoms. The first-order valence-corrected chi connectivity index (χ1v) is 6.15. The fourth-order valence-electron chi connectivity index (χ4n) is 1.97. The van der Waals surface area contributed by atoms with Gasteiger partial charge in [-0.2, -0.15) is 0 Å². The molecule has 0 nitrogen and oxygen atoms in total. The van der Waals surface area contributed by atoms with Gasteiger partial charge in [-0.1, -0.05) is 50.8 Å². The molecule has 0 spiro atoms. The fourth-order valence-corrected chi connectivity index (χ4v) is 1.97. The Balaban J connectivity index is 2.37. The van der Waals surface area contributed by atoms with Gasteiger partial charge in [0.05, 0.1) is 0 Å². The smallest absolute Gasteiger partial charge is 0.00876 e. The standard InChI is InChI=1S/C15H23/c1-4-5-6-7-8-12-15-13(2)10-9-11-14(15)3/h9-12H,4-8H2,1-3H3. The van der Waals surface area contributed by atoms with Gasteiger partial charge in [-0.3, -0.25) is 0 Å². The highest BCUT2D eigenvalue weighted by molar-refractivity contribution is 5.38. The molecule has 0 N–H and O–H groups in total. The van der Waals surface area contributed by atoms with E-state index in [-0.39, 0.29) is 0 Å². The molecule has 0 aliphatic rings. The van der Waals surface area contributed by atoms with Crippen molar-refractivity contribution in [3.05, 3.63) is 41.3 Å². The van der Waals surface area contributed by atoms with E-state index in [2.05, 4.69) is 45.4 Å². The lowest BCUT2D eigenvalue weighted by atomic mass is 9.97. The van der Waals surface area contributed by atoms with Crippen molar-refractivity contribution in [2.45, 2.75) is 52.9 Å². The summed E-state index contributed by atoms with van der Waals surface area (Å²) in [5.41, 5.74) is 4.27. The van der Waals surface area contributed by atoms with Crippen molar-refractivity contribution in [2.24, 2.45) is 0 Å². The van der Waals surface area contributed by atoms with Crippen molar-refractivity contribution in [3.63, 3.8) is 0 Å². The first-order chi connectivity index (χ1) is 7.25. The molecule has 1 rings (SSSR count). The quantitative estimate of drug-likeness (QED) is 0.581. The Morgan fingerprint density at radius 3 is 2.27 bits per heavy atom. The van der Waals surface area contributed by atoms with E-state index >= 15 is 0 Å². The van der Waals surface area contributed by atoms with E-state index in [1.807, 2.05) is 0 Å². The van der Waals surface area contributed by atoms with Crippen LogP contribution in [0.4, 0.5) is 0 Å². The molecule has 0 saturated heterocycles. The third-order valence-electron chi connectivity index (χ3n) is 2.95. The minimum Gasteiger partial charge on any atom is -0.0654 e. The SMILES string of the molecule is CCCCCC[CH]c1c(C)cccc1C. The van der Waals surface area contributed by atoms with Gasteiger partial charge in [0.2, 0.25) is 0 Å². The number of rotatable bonds is 6. The molecule has 0 aliphatic carbocycles. The highest BCUT2D eigenvalue weighted by Gasteiger charge is 2.01. The molecule has 0 amide bonds. The normalized spacial score (nSPS) is 10.6. The Morgan fingerprint density at radius 1 is 1.00 bits per heavy atom. The molecule has 83 valence electrons. The summed E-state index contributed by atoms with van der Waals surface area (Å²) in [4.78, 5) is 0. The zero-order valence-electron chi connectivity index (χ0n) is 10.3. The molecular weight excluding hydrogens is 180 g/mol. The van der Waals surface area contributed by atoms with Crippen LogP contribution in [0.25, 0.3) is 0 Å². The molecule has 1 aromatic rings. The van der Waals surface area contributed by atoms with Crippen LogP contribution in [0.15, 0.2) is 18.2 Å². The summed E-state index contributed by atoms with van der Waals surface area (Å²) in [6.07, 6.45) is 9.04. The van der Waals surface area contributed by atoms with E-state index in [0.717, 1.165) is 0 Å². The maximum absolute atomic E-state index is 2.40. The first-order valence-electron chi connectivity index (χ1n) is 6.15. The van der Waals surface area contributed by atoms with Crippen LogP contribution in [0.1, 0.15) is 55.7 Å². The maximum Gasteiger partial charge on any atom is -0.00876 e. The number of aryl methyl sites for hydroxylation is 2. The Hall–Kier alpha value is -0.780. The molecule has 0 aromatic heterocycles. The van der Waals surface area contributed by atoms with Crippen LogP contribution in [0.3, 0.4) is 0 Å². The lowest BCUT2D eigenvalue weighted by Gasteiger charge is -2.08. The highest BCUT2D eigenvalue weighted by Crippen LogP contribution is 2.18. The average molecular weight is 203 g/mol. The van der Waals surface area contributed by atoms with Gasteiger partial charge >= 0.3 is 0 Å². The van der Waals surface area contributed by atoms with Crippen LogP contribution in [-0.2, 0) is 0 Å². The second kappa shape index (κ2) is 6.66. The van der Waals surface area contributed by atoms with Gasteiger partial charge in [-0.25, -0.2) is 0 Å². The molecule has 0 heterocycles. The number of unbranched alkanes of at least 4 members (excludes halogenated alkanes) is 4. The fraction of sp³-hybridized carbons (Fsp3) is 0.533. The van der Waals surface area contributed by atoms with Crippen molar-refractivity contribution in [1.82, 2.24) is 0 Å². The lowest BCUT2D eigenvalue weighted by molar-refractivity contribution is 0.665. The Bertz CT molecular complexity index is 266. The van der Waals surface area contributed by atoms with Gasteiger partial charge in [0.15, 0.2) is 0 Å². The van der Waals surface area contributed by atoms with Crippen molar-refractivity contribution < 1.29 is 0 Å². The molecule has 0 aliphatic heterocycles. The zero-order valence-corrected chi connectivity index (χ0v) is 10.3. The monoisotopic (exact) mass is 203 g/mol. The van der Waals surface area contributed by atoms with Crippen molar-refractivity contribution in [3.8, 4) is 0 Å². The highest BCUT2D eigenvalue weighted by atomic mass is 14.1. The van der Waals surface area contributed by atoms with E-state index < -0.39 is 0 Å². The Morgan fingerprint density at radius 2 is 1.67 bits per heavy atom. The van der Waals surface area contributed by atoms with Gasteiger partial charge in [0.25, 0.3) is 0 Å². The minimum atomic E-state index is 1.23. The summed E-state index contributed by atoms with van der Waals surface area (Å²) in [5, 5.41) is 0. The van der Waals surface area contributed by atoms with Gasteiger partial charge in [0, 0.05) is 0 Å². The predicted octanol–water partition coefficient (Wildman–Crippen LogP) is 4.83. The first kappa shape index (κ1) is 12.3. The molecular formula is C15H23. The zero-order chi connectivity index (χ0) is 11.1. The van der Waals surface area contributed by atoms with Crippen LogP contribution in [0.2, 0.25) is 0 Å². The summed E-state index contributed by atoms with van der Waals surface area (Å²) in [6, 6.07) is 6.54. The predicted molar refractivity (Wildman–Crippen MR) is 68.1 cm³/mol. The summed E-state index contributed by atoms with van der Waals surface area (Å²) in [5.74, 6) is 0. The molecule has 0 unspecified atom stereocenters. The Labute approximate surface area is 94.7 Å². The van der Waals surface area contributed by atoms with E-state index in [0.29, 0.717) is 0 Å². The summed E-state index contributed by atoms with van der Waals surface area (Å²) >= 11 is 0. The van der Waals surface area contributed by atoms with Crippen LogP contribution < -0.4 is 0 Å². The van der Waals surface area contributed by atoms with Gasteiger partial charge < -0.3 is 0 Å². The van der Waals surface area contributed by atoms with E-state index in [4.69, 9.17) is 0 Å². The lowest BCUT2D eigenvalue weighted by Crippen LogP contribution is -1.91. The summed E-state index contributed by atoms with van der Waals surface area (Å²) < 4.78 is 0. The third kappa shape index (κ3) is 4.07. The molecule has 1 aromatic carbocycles. The second-order valence-electron chi connectivity index (χ2n) is 4.36. The topological polar surface area (TPSA) is 0 Å². The minimum absolute atomic E-state index is 1.23. The van der Waals surface area contributed by atoms with Crippen LogP contribution in [0.5, 0.6) is 0 Å². The third-order valence-corrected chi connectivity index (χ3v) is 2.95. The molecule has 0 fully saturated rings. The van der Waals surface area contributed by atoms with Crippen LogP contribution in [-0.4, -0.2) is 0 Å². The molecule has 0 bridgehead atoms. The number of hydrogen-bond donors (Lipinski definition) is 0. The average Bonchev–Trinajstić information content (AvgIpc) is 2.21. The van der Waals surface area contributed by atoms with E-state index in [1.54, 1.807) is 0 Å². The maximum atomic E-state index is 2.40. The summed E-state index contributed by atoms with van der Waals surface area (Å²) in [7, 11) is 0. The summed E-state index contributed by atoms with van der Waals surface area (Å²) in [6.45, 7) is 6.66. The van der Waals surface area contributed by atoms with Gasteiger partial charge in [0.1, 0.15) is 0 Å². The van der Waals surface area contributed by atoms with Gasteiger partial charge in [-0.05, 0) is 43.4 Å². The van der Waals surface area contributed by atoms with Crippen molar-refractivity contribution in [2.75, 3.05) is 0 Å². The van der Waals surface area contributed by atoms with E-state index in [1.165, 1.54) is 48.8 Å². The van der Waals surface area contributed by atoms with Crippen LogP contribution in [0, 0.1) is 20.3 Å². The largest absolute Gasteiger partial charge is 0.0654 e.